The number of nitrogens with one attached hydrogen (secondary N) is 2. The van der Waals surface area contributed by atoms with Crippen molar-refractivity contribution in [3.05, 3.63) is 78.4 Å². The second-order valence-electron chi connectivity index (χ2n) is 9.97. The molecule has 2 heterocycles. The SMILES string of the molecule is O=C(C1CCCCC1)N(Cc1cnc[nH]1)c1ccc(N2CCN(C(=S)NCc3ccccc3)CC2)cc1. The minimum Gasteiger partial charge on any atom is -0.368 e. The molecular weight excluding hydrogens is 480 g/mol. The molecule has 2 fully saturated rings. The topological polar surface area (TPSA) is 67.5 Å². The molecule has 37 heavy (non-hydrogen) atoms. The average Bonchev–Trinajstić information content (AvgIpc) is 3.49. The molecular formula is C29H36N6OS. The second-order valence-corrected chi connectivity index (χ2v) is 10.4. The molecule has 0 atom stereocenters. The second kappa shape index (κ2) is 12.2. The first kappa shape index (κ1) is 25.3. The number of piperazine rings is 1. The van der Waals surface area contributed by atoms with Gasteiger partial charge in [-0.3, -0.25) is 4.79 Å². The van der Waals surface area contributed by atoms with E-state index in [1.165, 1.54) is 17.7 Å². The highest BCUT2D eigenvalue weighted by Gasteiger charge is 2.28. The highest BCUT2D eigenvalue weighted by atomic mass is 32.1. The third kappa shape index (κ3) is 6.49. The molecule has 1 aromatic heterocycles. The lowest BCUT2D eigenvalue weighted by molar-refractivity contribution is -0.123. The number of aromatic nitrogens is 2. The number of imidazole rings is 1. The van der Waals surface area contributed by atoms with E-state index in [0.29, 0.717) is 6.54 Å². The number of benzene rings is 2. The van der Waals surface area contributed by atoms with Crippen LogP contribution in [-0.2, 0) is 17.9 Å². The monoisotopic (exact) mass is 516 g/mol. The first-order valence-electron chi connectivity index (χ1n) is 13.4. The van der Waals surface area contributed by atoms with Crippen molar-refractivity contribution in [1.82, 2.24) is 20.2 Å². The molecule has 1 saturated heterocycles. The van der Waals surface area contributed by atoms with Crippen molar-refractivity contribution in [1.29, 1.82) is 0 Å². The number of amides is 1. The normalized spacial score (nSPS) is 16.4. The highest BCUT2D eigenvalue weighted by Crippen LogP contribution is 2.30. The van der Waals surface area contributed by atoms with Gasteiger partial charge in [-0.1, -0.05) is 49.6 Å². The molecule has 3 aromatic rings. The number of carbonyl (C=O) groups is 1. The lowest BCUT2D eigenvalue weighted by Crippen LogP contribution is -2.51. The van der Waals surface area contributed by atoms with Gasteiger partial charge in [0.15, 0.2) is 5.11 Å². The van der Waals surface area contributed by atoms with E-state index in [9.17, 15) is 4.79 Å². The number of hydrogen-bond acceptors (Lipinski definition) is 4. The zero-order valence-corrected chi connectivity index (χ0v) is 22.1. The van der Waals surface area contributed by atoms with E-state index >= 15 is 0 Å². The van der Waals surface area contributed by atoms with Crippen LogP contribution in [0.4, 0.5) is 11.4 Å². The fourth-order valence-corrected chi connectivity index (χ4v) is 5.56. The minimum absolute atomic E-state index is 0.115. The summed E-state index contributed by atoms with van der Waals surface area (Å²) < 4.78 is 0. The maximum absolute atomic E-state index is 13.5. The van der Waals surface area contributed by atoms with Gasteiger partial charge in [-0.15, -0.1) is 0 Å². The molecule has 1 amide bonds. The van der Waals surface area contributed by atoms with E-state index < -0.39 is 0 Å². The predicted octanol–water partition coefficient (Wildman–Crippen LogP) is 4.72. The van der Waals surface area contributed by atoms with Gasteiger partial charge in [0.1, 0.15) is 0 Å². The molecule has 0 spiro atoms. The van der Waals surface area contributed by atoms with Gasteiger partial charge < -0.3 is 25.0 Å². The van der Waals surface area contributed by atoms with E-state index in [-0.39, 0.29) is 11.8 Å². The van der Waals surface area contributed by atoms with E-state index in [2.05, 4.69) is 61.5 Å². The Labute approximate surface area is 224 Å². The first-order valence-corrected chi connectivity index (χ1v) is 13.8. The summed E-state index contributed by atoms with van der Waals surface area (Å²) in [6, 6.07) is 18.8. The Hall–Kier alpha value is -3.39. The summed E-state index contributed by atoms with van der Waals surface area (Å²) in [5.41, 5.74) is 4.30. The largest absolute Gasteiger partial charge is 0.368 e. The number of carbonyl (C=O) groups excluding carboxylic acids is 1. The predicted molar refractivity (Wildman–Crippen MR) is 152 cm³/mol. The molecule has 194 valence electrons. The van der Waals surface area contributed by atoms with E-state index in [4.69, 9.17) is 12.2 Å². The van der Waals surface area contributed by atoms with Crippen molar-refractivity contribution in [2.75, 3.05) is 36.0 Å². The van der Waals surface area contributed by atoms with Crippen molar-refractivity contribution < 1.29 is 4.79 Å². The number of hydrogen-bond donors (Lipinski definition) is 2. The van der Waals surface area contributed by atoms with Gasteiger partial charge in [0.25, 0.3) is 0 Å². The summed E-state index contributed by atoms with van der Waals surface area (Å²) >= 11 is 5.65. The molecule has 0 unspecified atom stereocenters. The summed E-state index contributed by atoms with van der Waals surface area (Å²) in [5, 5.41) is 4.21. The van der Waals surface area contributed by atoms with Gasteiger partial charge in [0.05, 0.1) is 18.6 Å². The van der Waals surface area contributed by atoms with Crippen LogP contribution in [0, 0.1) is 5.92 Å². The number of rotatable bonds is 7. The quantitative estimate of drug-likeness (QED) is 0.443. The van der Waals surface area contributed by atoms with E-state index in [1.807, 2.05) is 23.1 Å². The van der Waals surface area contributed by atoms with Crippen LogP contribution >= 0.6 is 12.2 Å². The Bertz CT molecular complexity index is 1140. The van der Waals surface area contributed by atoms with Gasteiger partial charge in [-0.05, 0) is 54.9 Å². The summed E-state index contributed by atoms with van der Waals surface area (Å²) in [7, 11) is 0. The minimum atomic E-state index is 0.115. The molecule has 8 heteroatoms. The van der Waals surface area contributed by atoms with Gasteiger partial charge in [-0.25, -0.2) is 4.98 Å². The lowest BCUT2D eigenvalue weighted by atomic mass is 9.88. The molecule has 0 radical (unpaired) electrons. The molecule has 2 N–H and O–H groups in total. The van der Waals surface area contributed by atoms with Gasteiger partial charge in [0, 0.05) is 56.2 Å². The Balaban J connectivity index is 1.19. The van der Waals surface area contributed by atoms with Crippen LogP contribution in [0.3, 0.4) is 0 Å². The standard InChI is InChI=1S/C29H36N6OS/c36-28(24-9-5-2-6-10-24)35(21-25-20-30-22-32-25)27-13-11-26(12-14-27)33-15-17-34(18-16-33)29(37)31-19-23-7-3-1-4-8-23/h1,3-4,7-8,11-14,20,22,24H,2,5-6,9-10,15-19,21H2,(H,30,32)(H,31,37). The zero-order chi connectivity index (χ0) is 25.5. The van der Waals surface area contributed by atoms with E-state index in [0.717, 1.165) is 74.9 Å². The maximum atomic E-state index is 13.5. The average molecular weight is 517 g/mol. The Morgan fingerprint density at radius 2 is 1.73 bits per heavy atom. The maximum Gasteiger partial charge on any atom is 0.230 e. The van der Waals surface area contributed by atoms with Gasteiger partial charge in [-0.2, -0.15) is 0 Å². The summed E-state index contributed by atoms with van der Waals surface area (Å²) in [5.74, 6) is 0.343. The Morgan fingerprint density at radius 1 is 1.00 bits per heavy atom. The molecule has 2 aromatic carbocycles. The van der Waals surface area contributed by atoms with Crippen LogP contribution in [0.25, 0.3) is 0 Å². The van der Waals surface area contributed by atoms with Crippen LogP contribution in [0.1, 0.15) is 43.4 Å². The van der Waals surface area contributed by atoms with Crippen molar-refractivity contribution >= 4 is 34.6 Å². The molecule has 7 nitrogen and oxygen atoms in total. The van der Waals surface area contributed by atoms with Crippen LogP contribution < -0.4 is 15.1 Å². The number of anilines is 2. The molecule has 0 bridgehead atoms. The van der Waals surface area contributed by atoms with E-state index in [1.54, 1.807) is 12.5 Å². The van der Waals surface area contributed by atoms with Crippen molar-refractivity contribution in [3.63, 3.8) is 0 Å². The molecule has 1 aliphatic carbocycles. The fourth-order valence-electron chi connectivity index (χ4n) is 5.30. The first-order chi connectivity index (χ1) is 18.2. The van der Waals surface area contributed by atoms with Crippen LogP contribution in [-0.4, -0.2) is 52.1 Å². The van der Waals surface area contributed by atoms with Crippen molar-refractivity contribution in [2.45, 2.75) is 45.2 Å². The summed E-state index contributed by atoms with van der Waals surface area (Å²) in [6.07, 6.45) is 8.97. The van der Waals surface area contributed by atoms with Crippen LogP contribution in [0.5, 0.6) is 0 Å². The van der Waals surface area contributed by atoms with Crippen molar-refractivity contribution in [2.24, 2.45) is 5.92 Å². The van der Waals surface area contributed by atoms with Crippen molar-refractivity contribution in [3.8, 4) is 0 Å². The van der Waals surface area contributed by atoms with Gasteiger partial charge in [0.2, 0.25) is 5.91 Å². The van der Waals surface area contributed by atoms with Crippen LogP contribution in [0.15, 0.2) is 67.1 Å². The third-order valence-electron chi connectivity index (χ3n) is 7.48. The Kier molecular flexibility index (Phi) is 8.35. The smallest absolute Gasteiger partial charge is 0.230 e. The number of thiocarbonyl (C=S) groups is 1. The third-order valence-corrected chi connectivity index (χ3v) is 7.89. The zero-order valence-electron chi connectivity index (χ0n) is 21.3. The molecule has 1 aliphatic heterocycles. The number of aromatic amines is 1. The lowest BCUT2D eigenvalue weighted by Gasteiger charge is -2.37. The number of nitrogens with zero attached hydrogens (tertiary/aromatic N) is 4. The molecule has 5 rings (SSSR count). The molecule has 1 saturated carbocycles. The van der Waals surface area contributed by atoms with Gasteiger partial charge >= 0.3 is 0 Å². The number of H-pyrrole nitrogens is 1. The summed E-state index contributed by atoms with van der Waals surface area (Å²) in [6.45, 7) is 4.84. The molecule has 2 aliphatic rings. The highest BCUT2D eigenvalue weighted by molar-refractivity contribution is 7.80. The Morgan fingerprint density at radius 3 is 2.41 bits per heavy atom. The van der Waals surface area contributed by atoms with Crippen LogP contribution in [0.2, 0.25) is 0 Å². The fraction of sp³-hybridized carbons (Fsp3) is 0.414. The summed E-state index contributed by atoms with van der Waals surface area (Å²) in [4.78, 5) is 27.4.